The molecule has 1 aromatic rings. The van der Waals surface area contributed by atoms with Gasteiger partial charge in [-0.1, -0.05) is 5.11 Å². The van der Waals surface area contributed by atoms with E-state index in [0.717, 1.165) is 10.4 Å². The minimum Gasteiger partial charge on any atom is -0.462 e. The van der Waals surface area contributed by atoms with Crippen LogP contribution in [0.3, 0.4) is 0 Å². The summed E-state index contributed by atoms with van der Waals surface area (Å²) < 4.78 is 4.87. The van der Waals surface area contributed by atoms with Crippen LogP contribution in [0.25, 0.3) is 10.4 Å². The molecule has 0 aliphatic rings. The first kappa shape index (κ1) is 11.6. The third-order valence-electron chi connectivity index (χ3n) is 1.77. The van der Waals surface area contributed by atoms with Crippen molar-refractivity contribution in [1.82, 2.24) is 0 Å². The van der Waals surface area contributed by atoms with Crippen LogP contribution in [0.1, 0.15) is 27.0 Å². The molecular weight excluding hydrogens is 214 g/mol. The minimum atomic E-state index is -0.321. The Balaban J connectivity index is 2.84. The van der Waals surface area contributed by atoms with Crippen molar-refractivity contribution in [1.29, 1.82) is 0 Å². The Bertz CT molecular complexity index is 407. The summed E-state index contributed by atoms with van der Waals surface area (Å²) >= 11 is 1.31. The maximum atomic E-state index is 11.4. The molecule has 0 aromatic carbocycles. The Labute approximate surface area is 91.3 Å². The highest BCUT2D eigenvalue weighted by molar-refractivity contribution is 7.14. The molecule has 0 amide bonds. The molecule has 0 aliphatic heterocycles. The summed E-state index contributed by atoms with van der Waals surface area (Å²) in [5, 5.41) is 3.46. The van der Waals surface area contributed by atoms with E-state index in [4.69, 9.17) is 10.3 Å². The lowest BCUT2D eigenvalue weighted by molar-refractivity contribution is 0.0532. The first-order valence-electron chi connectivity index (χ1n) is 4.46. The zero-order valence-corrected chi connectivity index (χ0v) is 9.37. The summed E-state index contributed by atoms with van der Waals surface area (Å²) in [5.74, 6) is -0.321. The Hall–Kier alpha value is -1.52. The molecule has 1 heterocycles. The predicted molar refractivity (Wildman–Crippen MR) is 57.9 cm³/mol. The number of ether oxygens (including phenoxy) is 1. The number of azide groups is 1. The topological polar surface area (TPSA) is 75.1 Å². The largest absolute Gasteiger partial charge is 0.462 e. The van der Waals surface area contributed by atoms with Crippen LogP contribution in [0.2, 0.25) is 0 Å². The third kappa shape index (κ3) is 2.97. The molecule has 1 aromatic heterocycles. The average Bonchev–Trinajstić information content (AvgIpc) is 2.57. The molecule has 6 heteroatoms. The van der Waals surface area contributed by atoms with Crippen LogP contribution in [0.5, 0.6) is 0 Å². The highest BCUT2D eigenvalue weighted by Gasteiger charge is 2.12. The second-order valence-electron chi connectivity index (χ2n) is 2.83. The number of esters is 1. The number of aryl methyl sites for hydroxylation is 1. The Morgan fingerprint density at radius 2 is 2.47 bits per heavy atom. The number of nitrogens with zero attached hydrogens (tertiary/aromatic N) is 3. The van der Waals surface area contributed by atoms with Crippen molar-refractivity contribution in [3.05, 3.63) is 31.8 Å². The van der Waals surface area contributed by atoms with Gasteiger partial charge in [0.15, 0.2) is 0 Å². The number of carbonyl (C=O) groups is 1. The van der Waals surface area contributed by atoms with E-state index in [0.29, 0.717) is 11.5 Å². The molecule has 0 aliphatic carbocycles. The van der Waals surface area contributed by atoms with E-state index in [1.807, 2.05) is 6.92 Å². The van der Waals surface area contributed by atoms with Gasteiger partial charge < -0.3 is 4.74 Å². The van der Waals surface area contributed by atoms with Crippen molar-refractivity contribution in [3.63, 3.8) is 0 Å². The van der Waals surface area contributed by atoms with Gasteiger partial charge in [-0.25, -0.2) is 4.79 Å². The summed E-state index contributed by atoms with van der Waals surface area (Å²) in [7, 11) is 0. The van der Waals surface area contributed by atoms with Gasteiger partial charge in [0, 0.05) is 9.79 Å². The fourth-order valence-corrected chi connectivity index (χ4v) is 2.06. The monoisotopic (exact) mass is 225 g/mol. The second-order valence-corrected chi connectivity index (χ2v) is 3.96. The lowest BCUT2D eigenvalue weighted by atomic mass is 10.2. The van der Waals surface area contributed by atoms with Crippen LogP contribution in [0.15, 0.2) is 11.2 Å². The molecule has 0 saturated carbocycles. The molecular formula is C9H11N3O2S. The molecule has 5 nitrogen and oxygen atoms in total. The van der Waals surface area contributed by atoms with Gasteiger partial charge in [0.25, 0.3) is 0 Å². The number of carbonyl (C=O) groups excluding carboxylic acids is 1. The molecule has 0 atom stereocenters. The summed E-state index contributed by atoms with van der Waals surface area (Å²) in [6.07, 6.45) is 0. The number of thiophene rings is 1. The van der Waals surface area contributed by atoms with Crippen LogP contribution in [0, 0.1) is 6.92 Å². The quantitative estimate of drug-likeness (QED) is 0.342. The van der Waals surface area contributed by atoms with Gasteiger partial charge in [-0.2, -0.15) is 0 Å². The summed E-state index contributed by atoms with van der Waals surface area (Å²) in [4.78, 5) is 15.5. The summed E-state index contributed by atoms with van der Waals surface area (Å²) in [5.41, 5.74) is 9.14. The zero-order chi connectivity index (χ0) is 11.3. The smallest absolute Gasteiger partial charge is 0.348 e. The predicted octanol–water partition coefficient (Wildman–Crippen LogP) is 3.04. The van der Waals surface area contributed by atoms with E-state index in [2.05, 4.69) is 10.0 Å². The van der Waals surface area contributed by atoms with Crippen molar-refractivity contribution in [2.24, 2.45) is 5.11 Å². The molecule has 1 rings (SSSR count). The standard InChI is InChI=1S/C9H11N3O2S/c1-3-14-9(13)7-4-6(2)8(15-7)5-11-12-10/h4H,3,5H2,1-2H3. The van der Waals surface area contributed by atoms with Gasteiger partial charge in [-0.05, 0) is 31.0 Å². The van der Waals surface area contributed by atoms with Gasteiger partial charge in [0.05, 0.1) is 13.2 Å². The highest BCUT2D eigenvalue weighted by Crippen LogP contribution is 2.23. The van der Waals surface area contributed by atoms with Crippen LogP contribution < -0.4 is 0 Å². The maximum Gasteiger partial charge on any atom is 0.348 e. The number of hydrogen-bond acceptors (Lipinski definition) is 4. The minimum absolute atomic E-state index is 0.284. The van der Waals surface area contributed by atoms with Gasteiger partial charge in [-0.15, -0.1) is 11.3 Å². The molecule has 0 radical (unpaired) electrons. The number of hydrogen-bond donors (Lipinski definition) is 0. The second kappa shape index (κ2) is 5.38. The van der Waals surface area contributed by atoms with Gasteiger partial charge in [-0.3, -0.25) is 0 Å². The fraction of sp³-hybridized carbons (Fsp3) is 0.444. The van der Waals surface area contributed by atoms with E-state index in [1.54, 1.807) is 13.0 Å². The van der Waals surface area contributed by atoms with Crippen molar-refractivity contribution >= 4 is 17.3 Å². The van der Waals surface area contributed by atoms with Gasteiger partial charge in [0.2, 0.25) is 0 Å². The Morgan fingerprint density at radius 3 is 3.07 bits per heavy atom. The lowest BCUT2D eigenvalue weighted by Crippen LogP contribution is -2.01. The summed E-state index contributed by atoms with van der Waals surface area (Å²) in [6, 6.07) is 1.75. The zero-order valence-electron chi connectivity index (χ0n) is 8.56. The van der Waals surface area contributed by atoms with Crippen molar-refractivity contribution < 1.29 is 9.53 Å². The van der Waals surface area contributed by atoms with Crippen LogP contribution in [0.4, 0.5) is 0 Å². The van der Waals surface area contributed by atoms with Crippen LogP contribution in [-0.4, -0.2) is 12.6 Å². The van der Waals surface area contributed by atoms with E-state index < -0.39 is 0 Å². The molecule has 0 bridgehead atoms. The van der Waals surface area contributed by atoms with Gasteiger partial charge in [0.1, 0.15) is 4.88 Å². The van der Waals surface area contributed by atoms with Crippen LogP contribution in [-0.2, 0) is 11.3 Å². The highest BCUT2D eigenvalue weighted by atomic mass is 32.1. The van der Waals surface area contributed by atoms with Crippen molar-refractivity contribution in [2.75, 3.05) is 6.61 Å². The molecule has 80 valence electrons. The Morgan fingerprint density at radius 1 is 1.73 bits per heavy atom. The average molecular weight is 225 g/mol. The lowest BCUT2D eigenvalue weighted by Gasteiger charge is -1.96. The molecule has 0 fully saturated rings. The summed E-state index contributed by atoms with van der Waals surface area (Å²) in [6.45, 7) is 4.29. The van der Waals surface area contributed by atoms with E-state index in [9.17, 15) is 4.79 Å². The first-order valence-corrected chi connectivity index (χ1v) is 5.28. The molecule has 0 N–H and O–H groups in total. The molecule has 0 spiro atoms. The molecule has 0 saturated heterocycles. The van der Waals surface area contributed by atoms with Gasteiger partial charge >= 0.3 is 5.97 Å². The Kier molecular flexibility index (Phi) is 4.15. The first-order chi connectivity index (χ1) is 7.19. The normalized spacial score (nSPS) is 9.47. The van der Waals surface area contributed by atoms with Crippen LogP contribution >= 0.6 is 11.3 Å². The fourth-order valence-electron chi connectivity index (χ4n) is 1.08. The maximum absolute atomic E-state index is 11.4. The van der Waals surface area contributed by atoms with E-state index in [-0.39, 0.29) is 12.5 Å². The number of rotatable bonds is 4. The third-order valence-corrected chi connectivity index (χ3v) is 2.98. The molecule has 15 heavy (non-hydrogen) atoms. The van der Waals surface area contributed by atoms with E-state index in [1.165, 1.54) is 11.3 Å². The van der Waals surface area contributed by atoms with Crippen molar-refractivity contribution in [3.8, 4) is 0 Å². The molecule has 0 unspecified atom stereocenters. The van der Waals surface area contributed by atoms with Crippen molar-refractivity contribution in [2.45, 2.75) is 20.4 Å². The SMILES string of the molecule is CCOC(=O)c1cc(C)c(CN=[N+]=[N-])s1. The van der Waals surface area contributed by atoms with E-state index >= 15 is 0 Å².